The molecule has 1 aromatic rings. The normalized spacial score (nSPS) is 12.6. The standard InChI is InChI=1S/C11H15F2NO/c1-3-9(14)5-7-4-8(12)6-10(13)11(7)15-2/h4,6,9H,3,5,14H2,1-2H3. The van der Waals surface area contributed by atoms with Crippen molar-refractivity contribution in [2.45, 2.75) is 25.8 Å². The van der Waals surface area contributed by atoms with Crippen LogP contribution >= 0.6 is 0 Å². The lowest BCUT2D eigenvalue weighted by Crippen LogP contribution is -2.22. The Bertz CT molecular complexity index is 342. The van der Waals surface area contributed by atoms with Gasteiger partial charge in [-0.15, -0.1) is 0 Å². The first-order chi connectivity index (χ1) is 7.08. The van der Waals surface area contributed by atoms with Crippen LogP contribution in [-0.2, 0) is 6.42 Å². The van der Waals surface area contributed by atoms with Gasteiger partial charge in [-0.25, -0.2) is 8.78 Å². The van der Waals surface area contributed by atoms with Gasteiger partial charge in [0.25, 0.3) is 0 Å². The molecule has 0 radical (unpaired) electrons. The Labute approximate surface area is 88.0 Å². The summed E-state index contributed by atoms with van der Waals surface area (Å²) in [5, 5.41) is 0. The summed E-state index contributed by atoms with van der Waals surface area (Å²) < 4.78 is 31.1. The molecule has 1 unspecified atom stereocenters. The highest BCUT2D eigenvalue weighted by Gasteiger charge is 2.13. The van der Waals surface area contributed by atoms with Crippen molar-refractivity contribution in [3.8, 4) is 5.75 Å². The molecule has 0 saturated heterocycles. The van der Waals surface area contributed by atoms with Crippen LogP contribution in [0.2, 0.25) is 0 Å². The number of benzene rings is 1. The summed E-state index contributed by atoms with van der Waals surface area (Å²) in [7, 11) is 1.36. The number of methoxy groups -OCH3 is 1. The first-order valence-corrected chi connectivity index (χ1v) is 4.86. The van der Waals surface area contributed by atoms with Gasteiger partial charge in [0, 0.05) is 17.7 Å². The Hall–Kier alpha value is -1.16. The summed E-state index contributed by atoms with van der Waals surface area (Å²) in [6.45, 7) is 1.92. The molecule has 1 rings (SSSR count). The van der Waals surface area contributed by atoms with Crippen molar-refractivity contribution in [3.05, 3.63) is 29.3 Å². The molecule has 0 amide bonds. The van der Waals surface area contributed by atoms with Gasteiger partial charge in [-0.2, -0.15) is 0 Å². The van der Waals surface area contributed by atoms with E-state index in [4.69, 9.17) is 10.5 Å². The molecule has 0 aromatic heterocycles. The Kier molecular flexibility index (Phi) is 4.03. The minimum absolute atomic E-state index is 0.0836. The molecule has 0 aliphatic rings. The molecule has 1 aromatic carbocycles. The van der Waals surface area contributed by atoms with Crippen LogP contribution in [0, 0.1) is 11.6 Å². The second kappa shape index (κ2) is 5.07. The average Bonchev–Trinajstić information content (AvgIpc) is 2.17. The van der Waals surface area contributed by atoms with E-state index >= 15 is 0 Å². The van der Waals surface area contributed by atoms with Crippen LogP contribution in [0.1, 0.15) is 18.9 Å². The van der Waals surface area contributed by atoms with E-state index in [1.54, 1.807) is 0 Å². The molecular weight excluding hydrogens is 200 g/mol. The molecule has 2 nitrogen and oxygen atoms in total. The fourth-order valence-corrected chi connectivity index (χ4v) is 1.42. The number of hydrogen-bond acceptors (Lipinski definition) is 2. The molecule has 0 fully saturated rings. The summed E-state index contributed by atoms with van der Waals surface area (Å²) in [4.78, 5) is 0. The van der Waals surface area contributed by atoms with Gasteiger partial charge in [0.05, 0.1) is 7.11 Å². The number of nitrogens with two attached hydrogens (primary N) is 1. The molecule has 84 valence electrons. The smallest absolute Gasteiger partial charge is 0.168 e. The van der Waals surface area contributed by atoms with Crippen LogP contribution in [0.4, 0.5) is 8.78 Å². The maximum atomic E-state index is 13.3. The maximum Gasteiger partial charge on any atom is 0.168 e. The van der Waals surface area contributed by atoms with Crippen molar-refractivity contribution < 1.29 is 13.5 Å². The second-order valence-corrected chi connectivity index (χ2v) is 3.45. The summed E-state index contributed by atoms with van der Waals surface area (Å²) >= 11 is 0. The largest absolute Gasteiger partial charge is 0.493 e. The van der Waals surface area contributed by atoms with Crippen molar-refractivity contribution in [2.75, 3.05) is 7.11 Å². The molecule has 0 saturated carbocycles. The van der Waals surface area contributed by atoms with E-state index in [2.05, 4.69) is 0 Å². The zero-order valence-corrected chi connectivity index (χ0v) is 8.89. The molecule has 0 aliphatic carbocycles. The van der Waals surface area contributed by atoms with Crippen molar-refractivity contribution in [1.82, 2.24) is 0 Å². The highest BCUT2D eigenvalue weighted by Crippen LogP contribution is 2.25. The van der Waals surface area contributed by atoms with E-state index < -0.39 is 11.6 Å². The summed E-state index contributed by atoms with van der Waals surface area (Å²) in [6, 6.07) is 1.96. The molecule has 4 heteroatoms. The maximum absolute atomic E-state index is 13.3. The Morgan fingerprint density at radius 2 is 2.07 bits per heavy atom. The van der Waals surface area contributed by atoms with Crippen LogP contribution in [0.25, 0.3) is 0 Å². The Morgan fingerprint density at radius 3 is 2.60 bits per heavy atom. The van der Waals surface area contributed by atoms with Gasteiger partial charge in [0.15, 0.2) is 11.6 Å². The van der Waals surface area contributed by atoms with Crippen LogP contribution in [0.5, 0.6) is 5.75 Å². The molecule has 0 spiro atoms. The average molecular weight is 215 g/mol. The lowest BCUT2D eigenvalue weighted by molar-refractivity contribution is 0.377. The number of ether oxygens (including phenoxy) is 1. The fraction of sp³-hybridized carbons (Fsp3) is 0.455. The van der Waals surface area contributed by atoms with Gasteiger partial charge < -0.3 is 10.5 Å². The van der Waals surface area contributed by atoms with Crippen LogP contribution in [0.15, 0.2) is 12.1 Å². The summed E-state index contributed by atoms with van der Waals surface area (Å²) in [5.41, 5.74) is 6.20. The van der Waals surface area contributed by atoms with Gasteiger partial charge in [-0.1, -0.05) is 6.92 Å². The highest BCUT2D eigenvalue weighted by atomic mass is 19.1. The van der Waals surface area contributed by atoms with Crippen molar-refractivity contribution in [1.29, 1.82) is 0 Å². The van der Waals surface area contributed by atoms with Crippen LogP contribution < -0.4 is 10.5 Å². The Morgan fingerprint density at radius 1 is 1.40 bits per heavy atom. The van der Waals surface area contributed by atoms with Gasteiger partial charge in [-0.3, -0.25) is 0 Å². The third-order valence-electron chi connectivity index (χ3n) is 2.30. The summed E-state index contributed by atoms with van der Waals surface area (Å²) in [5.74, 6) is -1.21. The topological polar surface area (TPSA) is 35.2 Å². The third kappa shape index (κ3) is 2.89. The molecule has 0 bridgehead atoms. The first kappa shape index (κ1) is 11.9. The quantitative estimate of drug-likeness (QED) is 0.836. The monoisotopic (exact) mass is 215 g/mol. The van der Waals surface area contributed by atoms with E-state index in [1.165, 1.54) is 13.2 Å². The lowest BCUT2D eigenvalue weighted by atomic mass is 10.0. The first-order valence-electron chi connectivity index (χ1n) is 4.86. The van der Waals surface area contributed by atoms with E-state index in [9.17, 15) is 8.78 Å². The van der Waals surface area contributed by atoms with Gasteiger partial charge in [0.1, 0.15) is 5.82 Å². The highest BCUT2D eigenvalue weighted by molar-refractivity contribution is 5.36. The predicted octanol–water partition coefficient (Wildman–Crippen LogP) is 2.25. The lowest BCUT2D eigenvalue weighted by Gasteiger charge is -2.13. The predicted molar refractivity (Wildman–Crippen MR) is 54.9 cm³/mol. The third-order valence-corrected chi connectivity index (χ3v) is 2.30. The molecule has 15 heavy (non-hydrogen) atoms. The minimum Gasteiger partial charge on any atom is -0.493 e. The van der Waals surface area contributed by atoms with E-state index in [-0.39, 0.29) is 11.8 Å². The van der Waals surface area contributed by atoms with E-state index in [0.29, 0.717) is 12.0 Å². The van der Waals surface area contributed by atoms with E-state index in [0.717, 1.165) is 12.5 Å². The summed E-state index contributed by atoms with van der Waals surface area (Å²) in [6.07, 6.45) is 1.16. The van der Waals surface area contributed by atoms with Gasteiger partial charge >= 0.3 is 0 Å². The SMILES string of the molecule is CCC(N)Cc1cc(F)cc(F)c1OC. The van der Waals surface area contributed by atoms with Crippen LogP contribution in [0.3, 0.4) is 0 Å². The molecular formula is C11H15F2NO. The minimum atomic E-state index is -0.684. The molecule has 2 N–H and O–H groups in total. The fourth-order valence-electron chi connectivity index (χ4n) is 1.42. The van der Waals surface area contributed by atoms with Crippen molar-refractivity contribution >= 4 is 0 Å². The molecule has 0 heterocycles. The van der Waals surface area contributed by atoms with E-state index in [1.807, 2.05) is 6.92 Å². The molecule has 0 aliphatic heterocycles. The Balaban J connectivity index is 3.03. The second-order valence-electron chi connectivity index (χ2n) is 3.45. The molecule has 1 atom stereocenters. The zero-order chi connectivity index (χ0) is 11.4. The van der Waals surface area contributed by atoms with Crippen molar-refractivity contribution in [3.63, 3.8) is 0 Å². The van der Waals surface area contributed by atoms with Crippen molar-refractivity contribution in [2.24, 2.45) is 5.73 Å². The number of hydrogen-bond donors (Lipinski definition) is 1. The van der Waals surface area contributed by atoms with Crippen LogP contribution in [-0.4, -0.2) is 13.2 Å². The van der Waals surface area contributed by atoms with Gasteiger partial charge in [0.2, 0.25) is 0 Å². The zero-order valence-electron chi connectivity index (χ0n) is 8.89. The number of halogens is 2. The van der Waals surface area contributed by atoms with Gasteiger partial charge in [-0.05, 0) is 18.9 Å². The number of rotatable bonds is 4.